The lowest BCUT2D eigenvalue weighted by Gasteiger charge is -1.98. The molecular weight excluding hydrogens is 282 g/mol. The van der Waals surface area contributed by atoms with E-state index in [0.29, 0.717) is 26.7 Å². The van der Waals surface area contributed by atoms with Crippen LogP contribution in [-0.4, -0.2) is 31.5 Å². The Labute approximate surface area is 109 Å². The molecule has 0 unspecified atom stereocenters. The second kappa shape index (κ2) is 4.35. The lowest BCUT2D eigenvalue weighted by molar-refractivity contribution is 0.112. The minimum atomic E-state index is 0.234. The molecular formula is C8H6ClN5OS2. The van der Waals surface area contributed by atoms with Crippen LogP contribution in [0.2, 0.25) is 5.15 Å². The molecule has 9 heteroatoms. The van der Waals surface area contributed by atoms with E-state index in [9.17, 15) is 4.79 Å². The number of hydrogen-bond donors (Lipinski definition) is 0. The molecule has 1 fully saturated rings. The normalized spacial score (nSPS) is 15.1. The van der Waals surface area contributed by atoms with Crippen LogP contribution in [0.4, 0.5) is 0 Å². The van der Waals surface area contributed by atoms with Crippen LogP contribution in [0.5, 0.6) is 0 Å². The highest BCUT2D eigenvalue weighted by molar-refractivity contribution is 8.00. The van der Waals surface area contributed by atoms with Crippen molar-refractivity contribution in [3.63, 3.8) is 0 Å². The second-order valence-electron chi connectivity index (χ2n) is 3.49. The minimum Gasteiger partial charge on any atom is -0.297 e. The standard InChI is InChI=1S/C8H6ClN5OS2/c9-6-5(3-15)16-8(10-6)17-7-11-12-13-14(7)4-1-2-4/h3-4H,1-2H2. The third-order valence-electron chi connectivity index (χ3n) is 2.23. The van der Waals surface area contributed by atoms with Gasteiger partial charge in [0.1, 0.15) is 4.88 Å². The Kier molecular flexibility index (Phi) is 2.85. The molecule has 0 amide bonds. The first-order valence-electron chi connectivity index (χ1n) is 4.85. The summed E-state index contributed by atoms with van der Waals surface area (Å²) in [6, 6.07) is 0.411. The van der Waals surface area contributed by atoms with Gasteiger partial charge in [0.05, 0.1) is 6.04 Å². The number of aromatic nitrogens is 5. The number of carbonyl (C=O) groups is 1. The maximum absolute atomic E-state index is 10.7. The van der Waals surface area contributed by atoms with Crippen molar-refractivity contribution in [2.75, 3.05) is 0 Å². The number of carbonyl (C=O) groups excluding carboxylic acids is 1. The van der Waals surface area contributed by atoms with Crippen molar-refractivity contribution in [1.29, 1.82) is 0 Å². The first-order chi connectivity index (χ1) is 8.28. The number of halogens is 1. The Morgan fingerprint density at radius 3 is 3.00 bits per heavy atom. The van der Waals surface area contributed by atoms with E-state index in [-0.39, 0.29) is 5.15 Å². The summed E-state index contributed by atoms with van der Waals surface area (Å²) in [5, 5.41) is 12.4. The molecule has 2 aromatic rings. The van der Waals surface area contributed by atoms with Crippen molar-refractivity contribution in [1.82, 2.24) is 25.2 Å². The summed E-state index contributed by atoms with van der Waals surface area (Å²) in [6.07, 6.45) is 2.92. The van der Waals surface area contributed by atoms with Crippen LogP contribution in [-0.2, 0) is 0 Å². The van der Waals surface area contributed by atoms with E-state index in [2.05, 4.69) is 20.5 Å². The quantitative estimate of drug-likeness (QED) is 0.802. The molecule has 1 aliphatic carbocycles. The van der Waals surface area contributed by atoms with Gasteiger partial charge in [0.15, 0.2) is 15.8 Å². The van der Waals surface area contributed by atoms with Crippen LogP contribution < -0.4 is 0 Å². The van der Waals surface area contributed by atoms with Gasteiger partial charge in [0.25, 0.3) is 0 Å². The Hall–Kier alpha value is -0.990. The van der Waals surface area contributed by atoms with Crippen LogP contribution in [0.3, 0.4) is 0 Å². The lowest BCUT2D eigenvalue weighted by atomic mass is 10.6. The lowest BCUT2D eigenvalue weighted by Crippen LogP contribution is -1.98. The molecule has 88 valence electrons. The topological polar surface area (TPSA) is 73.6 Å². The summed E-state index contributed by atoms with van der Waals surface area (Å²) in [5.41, 5.74) is 0. The van der Waals surface area contributed by atoms with E-state index in [4.69, 9.17) is 11.6 Å². The summed E-state index contributed by atoms with van der Waals surface area (Å²) < 4.78 is 2.47. The van der Waals surface area contributed by atoms with Gasteiger partial charge >= 0.3 is 0 Å². The summed E-state index contributed by atoms with van der Waals surface area (Å²) in [7, 11) is 0. The molecule has 0 saturated heterocycles. The summed E-state index contributed by atoms with van der Waals surface area (Å²) >= 11 is 8.37. The highest BCUT2D eigenvalue weighted by atomic mass is 35.5. The van der Waals surface area contributed by atoms with Crippen molar-refractivity contribution >= 4 is 41.0 Å². The molecule has 3 rings (SSSR count). The Balaban J connectivity index is 1.85. The van der Waals surface area contributed by atoms with Crippen molar-refractivity contribution in [3.05, 3.63) is 10.0 Å². The van der Waals surface area contributed by atoms with Crippen molar-refractivity contribution in [2.24, 2.45) is 0 Å². The van der Waals surface area contributed by atoms with E-state index in [1.165, 1.54) is 23.1 Å². The van der Waals surface area contributed by atoms with Gasteiger partial charge in [-0.25, -0.2) is 9.67 Å². The van der Waals surface area contributed by atoms with Gasteiger partial charge in [0, 0.05) is 0 Å². The minimum absolute atomic E-state index is 0.234. The van der Waals surface area contributed by atoms with Gasteiger partial charge in [-0.3, -0.25) is 4.79 Å². The van der Waals surface area contributed by atoms with Gasteiger partial charge in [-0.15, -0.1) is 16.4 Å². The fraction of sp³-hybridized carbons (Fsp3) is 0.375. The summed E-state index contributed by atoms with van der Waals surface area (Å²) in [4.78, 5) is 15.2. The van der Waals surface area contributed by atoms with Crippen LogP contribution in [0.1, 0.15) is 28.6 Å². The zero-order valence-electron chi connectivity index (χ0n) is 8.41. The van der Waals surface area contributed by atoms with E-state index in [0.717, 1.165) is 12.8 Å². The first-order valence-corrected chi connectivity index (χ1v) is 6.86. The number of hydrogen-bond acceptors (Lipinski definition) is 7. The summed E-state index contributed by atoms with van der Waals surface area (Å²) in [5.74, 6) is 0. The zero-order chi connectivity index (χ0) is 11.8. The molecule has 0 radical (unpaired) electrons. The van der Waals surface area contributed by atoms with E-state index in [1.807, 2.05) is 0 Å². The molecule has 0 aromatic carbocycles. The van der Waals surface area contributed by atoms with Crippen LogP contribution in [0.25, 0.3) is 0 Å². The number of aldehydes is 1. The van der Waals surface area contributed by atoms with E-state index in [1.54, 1.807) is 4.68 Å². The average molecular weight is 288 g/mol. The van der Waals surface area contributed by atoms with Gasteiger partial charge < -0.3 is 0 Å². The fourth-order valence-electron chi connectivity index (χ4n) is 1.29. The number of tetrazole rings is 1. The highest BCUT2D eigenvalue weighted by Gasteiger charge is 2.28. The molecule has 0 bridgehead atoms. The van der Waals surface area contributed by atoms with Gasteiger partial charge in [-0.05, 0) is 35.0 Å². The predicted octanol–water partition coefficient (Wildman–Crippen LogP) is 2.08. The maximum atomic E-state index is 10.7. The average Bonchev–Trinajstić information content (AvgIpc) is 2.96. The second-order valence-corrected chi connectivity index (χ2v) is 6.10. The van der Waals surface area contributed by atoms with Gasteiger partial charge in [0.2, 0.25) is 5.16 Å². The molecule has 2 heterocycles. The molecule has 17 heavy (non-hydrogen) atoms. The van der Waals surface area contributed by atoms with E-state index >= 15 is 0 Å². The van der Waals surface area contributed by atoms with Crippen molar-refractivity contribution in [2.45, 2.75) is 28.4 Å². The van der Waals surface area contributed by atoms with Crippen LogP contribution in [0, 0.1) is 0 Å². The van der Waals surface area contributed by atoms with Crippen LogP contribution >= 0.6 is 34.7 Å². The third-order valence-corrected chi connectivity index (χ3v) is 4.62. The summed E-state index contributed by atoms with van der Waals surface area (Å²) in [6.45, 7) is 0. The van der Waals surface area contributed by atoms with Gasteiger partial charge in [-0.2, -0.15) is 0 Å². The molecule has 2 aromatic heterocycles. The van der Waals surface area contributed by atoms with E-state index < -0.39 is 0 Å². The third kappa shape index (κ3) is 2.20. The monoisotopic (exact) mass is 287 g/mol. The Morgan fingerprint density at radius 1 is 1.53 bits per heavy atom. The molecule has 0 N–H and O–H groups in total. The van der Waals surface area contributed by atoms with Crippen molar-refractivity contribution < 1.29 is 4.79 Å². The SMILES string of the molecule is O=Cc1sc(Sc2nnnn2C2CC2)nc1Cl. The Morgan fingerprint density at radius 2 is 2.35 bits per heavy atom. The first kappa shape index (κ1) is 11.1. The van der Waals surface area contributed by atoms with Crippen molar-refractivity contribution in [3.8, 4) is 0 Å². The smallest absolute Gasteiger partial charge is 0.216 e. The van der Waals surface area contributed by atoms with Gasteiger partial charge in [-0.1, -0.05) is 11.6 Å². The largest absolute Gasteiger partial charge is 0.297 e. The highest BCUT2D eigenvalue weighted by Crippen LogP contribution is 2.39. The maximum Gasteiger partial charge on any atom is 0.216 e. The molecule has 0 aliphatic heterocycles. The fourth-order valence-corrected chi connectivity index (χ4v) is 3.45. The zero-order valence-corrected chi connectivity index (χ0v) is 10.8. The molecule has 0 atom stereocenters. The molecule has 1 aliphatic rings. The number of thiazole rings is 1. The molecule has 0 spiro atoms. The molecule has 1 saturated carbocycles. The number of rotatable bonds is 4. The molecule has 6 nitrogen and oxygen atoms in total. The van der Waals surface area contributed by atoms with Crippen LogP contribution in [0.15, 0.2) is 9.50 Å². The number of nitrogens with zero attached hydrogens (tertiary/aromatic N) is 5. The predicted molar refractivity (Wildman–Crippen MR) is 62.7 cm³/mol. The Bertz CT molecular complexity index is 564.